The van der Waals surface area contributed by atoms with E-state index >= 15 is 0 Å². The van der Waals surface area contributed by atoms with Gasteiger partial charge in [0.15, 0.2) is 0 Å². The molecule has 0 bridgehead atoms. The fourth-order valence-electron chi connectivity index (χ4n) is 3.87. The van der Waals surface area contributed by atoms with Gasteiger partial charge in [0.05, 0.1) is 11.8 Å². The minimum atomic E-state index is -0.638. The Kier molecular flexibility index (Phi) is 6.09. The molecule has 1 saturated heterocycles. The number of nitrogens with zero attached hydrogens (tertiary/aromatic N) is 3. The first-order chi connectivity index (χ1) is 14.6. The Morgan fingerprint density at radius 2 is 1.93 bits per heavy atom. The highest BCUT2D eigenvalue weighted by molar-refractivity contribution is 5.74. The van der Waals surface area contributed by atoms with Crippen LogP contribution in [0.1, 0.15) is 30.1 Å². The first-order valence-electron chi connectivity index (χ1n) is 10.2. The second kappa shape index (κ2) is 9.09. The Balaban J connectivity index is 1.27. The lowest BCUT2D eigenvalue weighted by atomic mass is 9.87. The minimum absolute atomic E-state index is 0.0604. The van der Waals surface area contributed by atoms with Crippen molar-refractivity contribution in [2.75, 3.05) is 13.1 Å². The molecule has 6 nitrogen and oxygen atoms in total. The van der Waals surface area contributed by atoms with Crippen molar-refractivity contribution in [3.63, 3.8) is 0 Å². The summed E-state index contributed by atoms with van der Waals surface area (Å²) in [5, 5.41) is 17.8. The monoisotopic (exact) mass is 408 g/mol. The van der Waals surface area contributed by atoms with E-state index in [0.717, 1.165) is 16.8 Å². The maximum Gasteiger partial charge on any atom is 0.317 e. The van der Waals surface area contributed by atoms with E-state index < -0.39 is 6.10 Å². The van der Waals surface area contributed by atoms with Crippen molar-refractivity contribution in [1.29, 1.82) is 0 Å². The van der Waals surface area contributed by atoms with E-state index in [1.165, 1.54) is 12.1 Å². The fourth-order valence-corrected chi connectivity index (χ4v) is 3.87. The average Bonchev–Trinajstić information content (AvgIpc) is 3.33. The molecular weight excluding hydrogens is 383 g/mol. The second-order valence-corrected chi connectivity index (χ2v) is 7.60. The Hall–Kier alpha value is -3.19. The van der Waals surface area contributed by atoms with Crippen LogP contribution in [0.5, 0.6) is 0 Å². The lowest BCUT2D eigenvalue weighted by molar-refractivity contribution is 0.0664. The number of carbonyl (C=O) groups is 1. The first-order valence-corrected chi connectivity index (χ1v) is 10.2. The Bertz CT molecular complexity index is 967. The van der Waals surface area contributed by atoms with Gasteiger partial charge in [-0.25, -0.2) is 13.9 Å². The zero-order valence-corrected chi connectivity index (χ0v) is 16.6. The summed E-state index contributed by atoms with van der Waals surface area (Å²) in [6.45, 7) is 1.61. The summed E-state index contributed by atoms with van der Waals surface area (Å²) in [7, 11) is 0. The Morgan fingerprint density at radius 3 is 2.63 bits per heavy atom. The van der Waals surface area contributed by atoms with Gasteiger partial charge in [-0.3, -0.25) is 0 Å². The van der Waals surface area contributed by atoms with E-state index in [2.05, 4.69) is 10.4 Å². The SMILES string of the molecule is O=C(NCc1cccc(-n2cccn2)c1)N1CCC(C(O)c2ccc(F)cc2)CC1. The number of halogens is 1. The molecular formula is C23H25FN4O2. The largest absolute Gasteiger partial charge is 0.388 e. The highest BCUT2D eigenvalue weighted by atomic mass is 19.1. The van der Waals surface area contributed by atoms with Crippen molar-refractivity contribution in [2.24, 2.45) is 5.92 Å². The van der Waals surface area contributed by atoms with E-state index in [9.17, 15) is 14.3 Å². The number of hydrogen-bond acceptors (Lipinski definition) is 3. The molecule has 1 fully saturated rings. The lowest BCUT2D eigenvalue weighted by Crippen LogP contribution is -2.44. The highest BCUT2D eigenvalue weighted by Crippen LogP contribution is 2.30. The number of benzene rings is 2. The van der Waals surface area contributed by atoms with Crippen molar-refractivity contribution < 1.29 is 14.3 Å². The number of aliphatic hydroxyl groups is 1. The number of urea groups is 1. The van der Waals surface area contributed by atoms with Crippen molar-refractivity contribution in [3.8, 4) is 5.69 Å². The molecule has 2 heterocycles. The van der Waals surface area contributed by atoms with Crippen LogP contribution in [0.4, 0.5) is 9.18 Å². The average molecular weight is 408 g/mol. The van der Waals surface area contributed by atoms with Gasteiger partial charge >= 0.3 is 6.03 Å². The third kappa shape index (κ3) is 4.68. The number of amides is 2. The maximum atomic E-state index is 13.1. The second-order valence-electron chi connectivity index (χ2n) is 7.60. The number of nitrogens with one attached hydrogen (secondary N) is 1. The number of aliphatic hydroxyl groups excluding tert-OH is 1. The van der Waals surface area contributed by atoms with Gasteiger partial charge < -0.3 is 15.3 Å². The van der Waals surface area contributed by atoms with Crippen LogP contribution in [0.3, 0.4) is 0 Å². The van der Waals surface area contributed by atoms with E-state index in [4.69, 9.17) is 0 Å². The summed E-state index contributed by atoms with van der Waals surface area (Å²) in [4.78, 5) is 14.3. The van der Waals surface area contributed by atoms with Gasteiger partial charge in [0.2, 0.25) is 0 Å². The smallest absolute Gasteiger partial charge is 0.317 e. The summed E-state index contributed by atoms with van der Waals surface area (Å²) in [6.07, 6.45) is 4.38. The number of piperidine rings is 1. The summed E-state index contributed by atoms with van der Waals surface area (Å²) in [6, 6.07) is 15.6. The maximum absolute atomic E-state index is 13.1. The molecule has 0 aliphatic carbocycles. The predicted molar refractivity (Wildman–Crippen MR) is 111 cm³/mol. The van der Waals surface area contributed by atoms with Crippen molar-refractivity contribution >= 4 is 6.03 Å². The number of carbonyl (C=O) groups excluding carboxylic acids is 1. The molecule has 1 aromatic heterocycles. The molecule has 1 aliphatic rings. The molecule has 2 amide bonds. The third-order valence-electron chi connectivity index (χ3n) is 5.61. The first kappa shape index (κ1) is 20.1. The van der Waals surface area contributed by atoms with E-state index in [-0.39, 0.29) is 17.8 Å². The van der Waals surface area contributed by atoms with Crippen molar-refractivity contribution in [1.82, 2.24) is 20.0 Å². The molecule has 0 spiro atoms. The van der Waals surface area contributed by atoms with Crippen LogP contribution < -0.4 is 5.32 Å². The molecule has 30 heavy (non-hydrogen) atoms. The van der Waals surface area contributed by atoms with Crippen molar-refractivity contribution in [3.05, 3.63) is 83.9 Å². The molecule has 4 rings (SSSR count). The predicted octanol–water partition coefficient (Wildman–Crippen LogP) is 3.67. The van der Waals surface area contributed by atoms with Gasteiger partial charge in [-0.05, 0) is 60.2 Å². The number of hydrogen-bond donors (Lipinski definition) is 2. The van der Waals surface area contributed by atoms with Gasteiger partial charge in [0.25, 0.3) is 0 Å². The lowest BCUT2D eigenvalue weighted by Gasteiger charge is -2.34. The normalized spacial score (nSPS) is 15.7. The van der Waals surface area contributed by atoms with Crippen LogP contribution in [0.25, 0.3) is 5.69 Å². The molecule has 7 heteroatoms. The standard InChI is InChI=1S/C23H25FN4O2/c24-20-7-5-18(6-8-20)22(29)19-9-13-27(14-10-19)23(30)25-16-17-3-1-4-21(15-17)28-12-2-11-26-28/h1-8,11-12,15,19,22,29H,9-10,13-14,16H2,(H,25,30). The molecule has 2 aromatic carbocycles. The van der Waals surface area contributed by atoms with E-state index in [1.54, 1.807) is 27.9 Å². The fraction of sp³-hybridized carbons (Fsp3) is 0.304. The van der Waals surface area contributed by atoms with Gasteiger partial charge in [-0.1, -0.05) is 24.3 Å². The van der Waals surface area contributed by atoms with Gasteiger partial charge in [0, 0.05) is 32.0 Å². The summed E-state index contributed by atoms with van der Waals surface area (Å²) < 4.78 is 14.9. The van der Waals surface area contributed by atoms with Crippen LogP contribution in [0.15, 0.2) is 67.0 Å². The number of likely N-dealkylation sites (tertiary alicyclic amines) is 1. The minimum Gasteiger partial charge on any atom is -0.388 e. The van der Waals surface area contributed by atoms with E-state index in [1.807, 2.05) is 36.5 Å². The van der Waals surface area contributed by atoms with Gasteiger partial charge in [-0.15, -0.1) is 0 Å². The molecule has 1 aliphatic heterocycles. The van der Waals surface area contributed by atoms with Gasteiger partial charge in [0.1, 0.15) is 5.82 Å². The quantitative estimate of drug-likeness (QED) is 0.677. The molecule has 0 radical (unpaired) electrons. The van der Waals surface area contributed by atoms with Crippen LogP contribution in [-0.4, -0.2) is 38.9 Å². The zero-order chi connectivity index (χ0) is 20.9. The zero-order valence-electron chi connectivity index (χ0n) is 16.6. The number of aromatic nitrogens is 2. The molecule has 0 saturated carbocycles. The highest BCUT2D eigenvalue weighted by Gasteiger charge is 2.28. The molecule has 1 atom stereocenters. The molecule has 1 unspecified atom stereocenters. The Labute approximate surface area is 174 Å². The van der Waals surface area contributed by atoms with Crippen LogP contribution in [0, 0.1) is 11.7 Å². The van der Waals surface area contributed by atoms with Crippen molar-refractivity contribution in [2.45, 2.75) is 25.5 Å². The number of rotatable bonds is 5. The molecule has 156 valence electrons. The summed E-state index contributed by atoms with van der Waals surface area (Å²) in [5.41, 5.74) is 2.66. The third-order valence-corrected chi connectivity index (χ3v) is 5.61. The summed E-state index contributed by atoms with van der Waals surface area (Å²) in [5.74, 6) is -0.252. The molecule has 3 aromatic rings. The van der Waals surface area contributed by atoms with Crippen LogP contribution in [-0.2, 0) is 6.54 Å². The van der Waals surface area contributed by atoms with Crippen LogP contribution >= 0.6 is 0 Å². The topological polar surface area (TPSA) is 70.4 Å². The molecule has 2 N–H and O–H groups in total. The van der Waals surface area contributed by atoms with Crippen LogP contribution in [0.2, 0.25) is 0 Å². The Morgan fingerprint density at radius 1 is 1.17 bits per heavy atom. The summed E-state index contributed by atoms with van der Waals surface area (Å²) >= 11 is 0. The van der Waals surface area contributed by atoms with Gasteiger partial charge in [-0.2, -0.15) is 5.10 Å². The van der Waals surface area contributed by atoms with E-state index in [0.29, 0.717) is 32.5 Å².